The van der Waals surface area contributed by atoms with Crippen molar-refractivity contribution in [2.45, 2.75) is 18.1 Å². The minimum atomic E-state index is -1.01. The number of thioether (sulfide) groups is 1. The number of hydrogen-bond donors (Lipinski definition) is 4. The van der Waals surface area contributed by atoms with Crippen molar-refractivity contribution in [3.63, 3.8) is 0 Å². The number of aromatic nitrogens is 1. The number of aliphatic imine (C=N–C) groups is 1. The quantitative estimate of drug-likeness (QED) is 0.579. The lowest BCUT2D eigenvalue weighted by Crippen LogP contribution is -2.51. The number of aliphatic hydroxyl groups is 1. The van der Waals surface area contributed by atoms with Crippen LogP contribution in [0.5, 0.6) is 0 Å². The molecule has 3 heterocycles. The number of nitrogen functional groups attached to an aromatic ring is 1. The number of carbonyl (C=O) groups excluding carboxylic acids is 1. The van der Waals surface area contributed by atoms with E-state index in [1.54, 1.807) is 12.1 Å². The van der Waals surface area contributed by atoms with E-state index in [1.807, 2.05) is 0 Å². The zero-order valence-electron chi connectivity index (χ0n) is 16.0. The number of halogens is 1. The van der Waals surface area contributed by atoms with Crippen LogP contribution in [0.4, 0.5) is 15.8 Å². The Balaban J connectivity index is 1.67. The molecule has 0 radical (unpaired) electrons. The SMILES string of the molecule is NC1=N[C@@]2(c3cc(NC(=O)c4ccc(N)cn4)ccc3F)CO[C@@H](CO)C[C@H]2CS1. The molecule has 1 aromatic carbocycles. The number of amides is 1. The molecule has 0 saturated carbocycles. The van der Waals surface area contributed by atoms with Gasteiger partial charge in [-0.05, 0) is 36.8 Å². The minimum Gasteiger partial charge on any atom is -0.397 e. The summed E-state index contributed by atoms with van der Waals surface area (Å²) >= 11 is 1.41. The fourth-order valence-corrected chi connectivity index (χ4v) is 4.85. The number of amidine groups is 1. The average Bonchev–Trinajstić information content (AvgIpc) is 2.75. The van der Waals surface area contributed by atoms with Crippen molar-refractivity contribution in [2.75, 3.05) is 30.0 Å². The lowest BCUT2D eigenvalue weighted by atomic mass is 9.75. The molecular formula is C20H22FN5O3S. The average molecular weight is 431 g/mol. The Morgan fingerprint density at radius 3 is 2.93 bits per heavy atom. The van der Waals surface area contributed by atoms with Gasteiger partial charge in [-0.3, -0.25) is 4.79 Å². The molecule has 0 unspecified atom stereocenters. The van der Waals surface area contributed by atoms with Crippen LogP contribution in [0.15, 0.2) is 41.5 Å². The molecule has 8 nitrogen and oxygen atoms in total. The third kappa shape index (κ3) is 3.85. The normalized spacial score (nSPS) is 25.9. The number of nitrogens with zero attached hydrogens (tertiary/aromatic N) is 2. The molecule has 2 aromatic rings. The van der Waals surface area contributed by atoms with Gasteiger partial charge in [0.25, 0.3) is 5.91 Å². The molecule has 0 aliphatic carbocycles. The van der Waals surface area contributed by atoms with Crippen LogP contribution in [0, 0.1) is 11.7 Å². The van der Waals surface area contributed by atoms with Gasteiger partial charge in [0.2, 0.25) is 0 Å². The van der Waals surface area contributed by atoms with Crippen LogP contribution in [0.25, 0.3) is 0 Å². The highest BCUT2D eigenvalue weighted by Crippen LogP contribution is 2.47. The Morgan fingerprint density at radius 1 is 1.37 bits per heavy atom. The first-order chi connectivity index (χ1) is 14.4. The number of pyridine rings is 1. The minimum absolute atomic E-state index is 0.0695. The fraction of sp³-hybridized carbons (Fsp3) is 0.350. The molecule has 2 aliphatic rings. The van der Waals surface area contributed by atoms with Crippen molar-refractivity contribution in [1.29, 1.82) is 0 Å². The number of nitrogens with one attached hydrogen (secondary N) is 1. The van der Waals surface area contributed by atoms with E-state index >= 15 is 0 Å². The monoisotopic (exact) mass is 431 g/mol. The summed E-state index contributed by atoms with van der Waals surface area (Å²) in [6.45, 7) is -0.0123. The molecule has 0 spiro atoms. The van der Waals surface area contributed by atoms with E-state index in [4.69, 9.17) is 16.2 Å². The van der Waals surface area contributed by atoms with Gasteiger partial charge in [-0.25, -0.2) is 14.4 Å². The Kier molecular flexibility index (Phi) is 5.63. The summed E-state index contributed by atoms with van der Waals surface area (Å²) < 4.78 is 20.7. The lowest BCUT2D eigenvalue weighted by molar-refractivity contribution is -0.0770. The van der Waals surface area contributed by atoms with Gasteiger partial charge in [0.15, 0.2) is 5.17 Å². The van der Waals surface area contributed by atoms with E-state index in [0.717, 1.165) is 0 Å². The van der Waals surface area contributed by atoms with E-state index in [-0.39, 0.29) is 30.9 Å². The van der Waals surface area contributed by atoms with Crippen LogP contribution in [-0.2, 0) is 10.3 Å². The van der Waals surface area contributed by atoms with Crippen LogP contribution in [0.3, 0.4) is 0 Å². The van der Waals surface area contributed by atoms with Crippen molar-refractivity contribution < 1.29 is 19.0 Å². The summed E-state index contributed by atoms with van der Waals surface area (Å²) in [6.07, 6.45) is 1.61. The molecule has 4 rings (SSSR count). The zero-order valence-corrected chi connectivity index (χ0v) is 16.9. The van der Waals surface area contributed by atoms with Gasteiger partial charge in [0, 0.05) is 22.9 Å². The van der Waals surface area contributed by atoms with Gasteiger partial charge in [-0.15, -0.1) is 0 Å². The van der Waals surface area contributed by atoms with Crippen molar-refractivity contribution >= 4 is 34.2 Å². The van der Waals surface area contributed by atoms with E-state index in [0.29, 0.717) is 34.3 Å². The number of fused-ring (bicyclic) bond motifs is 1. The number of ether oxygens (including phenoxy) is 1. The molecule has 1 amide bonds. The van der Waals surface area contributed by atoms with E-state index in [1.165, 1.54) is 36.2 Å². The van der Waals surface area contributed by atoms with E-state index < -0.39 is 17.3 Å². The third-order valence-electron chi connectivity index (χ3n) is 5.42. The maximum Gasteiger partial charge on any atom is 0.274 e. The second-order valence-corrected chi connectivity index (χ2v) is 8.40. The molecule has 1 saturated heterocycles. The summed E-state index contributed by atoms with van der Waals surface area (Å²) in [5.74, 6) is -0.331. The summed E-state index contributed by atoms with van der Waals surface area (Å²) in [5, 5.41) is 12.6. The fourth-order valence-electron chi connectivity index (χ4n) is 3.84. The number of nitrogens with two attached hydrogens (primary N) is 2. The van der Waals surface area contributed by atoms with E-state index in [9.17, 15) is 14.3 Å². The number of aliphatic hydroxyl groups excluding tert-OH is 1. The molecule has 2 aliphatic heterocycles. The van der Waals surface area contributed by atoms with Crippen LogP contribution in [0.1, 0.15) is 22.5 Å². The second kappa shape index (κ2) is 8.21. The number of rotatable bonds is 4. The van der Waals surface area contributed by atoms with Crippen LogP contribution >= 0.6 is 11.8 Å². The van der Waals surface area contributed by atoms with Crippen LogP contribution < -0.4 is 16.8 Å². The molecule has 1 aromatic heterocycles. The summed E-state index contributed by atoms with van der Waals surface area (Å²) in [7, 11) is 0. The molecule has 10 heteroatoms. The van der Waals surface area contributed by atoms with Crippen LogP contribution in [0.2, 0.25) is 0 Å². The molecule has 3 atom stereocenters. The predicted octanol–water partition coefficient (Wildman–Crippen LogP) is 1.71. The van der Waals surface area contributed by atoms with Gasteiger partial charge in [0.05, 0.1) is 31.2 Å². The first-order valence-corrected chi connectivity index (χ1v) is 10.4. The smallest absolute Gasteiger partial charge is 0.274 e. The molecule has 1 fully saturated rings. The first kappa shape index (κ1) is 20.6. The maximum absolute atomic E-state index is 15.0. The highest BCUT2D eigenvalue weighted by molar-refractivity contribution is 8.13. The highest BCUT2D eigenvalue weighted by Gasteiger charge is 2.49. The van der Waals surface area contributed by atoms with Crippen molar-refractivity contribution in [3.05, 3.63) is 53.6 Å². The Hall–Kier alpha value is -2.69. The molecule has 30 heavy (non-hydrogen) atoms. The van der Waals surface area contributed by atoms with E-state index in [2.05, 4.69) is 15.3 Å². The van der Waals surface area contributed by atoms with Crippen molar-refractivity contribution in [1.82, 2.24) is 4.98 Å². The van der Waals surface area contributed by atoms with Crippen LogP contribution in [-0.4, -0.2) is 46.2 Å². The van der Waals surface area contributed by atoms with Gasteiger partial charge in [-0.1, -0.05) is 11.8 Å². The number of carbonyl (C=O) groups is 1. The maximum atomic E-state index is 15.0. The standard InChI is InChI=1S/C20H22FN5O3S/c21-16-3-2-13(25-18(28)17-4-1-12(22)7-24-17)6-15(16)20-10-29-14(8-27)5-11(20)9-30-19(23)26-20/h1-4,6-7,11,14,27H,5,8-10,22H2,(H2,23,26)(H,25,28)/t11-,14+,20-/m0/s1. The Morgan fingerprint density at radius 2 is 2.20 bits per heavy atom. The van der Waals surface area contributed by atoms with Gasteiger partial charge in [-0.2, -0.15) is 0 Å². The topological polar surface area (TPSA) is 136 Å². The second-order valence-electron chi connectivity index (χ2n) is 7.36. The Bertz CT molecular complexity index is 987. The molecule has 6 N–H and O–H groups in total. The first-order valence-electron chi connectivity index (χ1n) is 9.45. The lowest BCUT2D eigenvalue weighted by Gasteiger charge is -2.46. The van der Waals surface area contributed by atoms with Crippen molar-refractivity contribution in [2.24, 2.45) is 16.6 Å². The van der Waals surface area contributed by atoms with Gasteiger partial charge < -0.3 is 26.6 Å². The highest BCUT2D eigenvalue weighted by atomic mass is 32.2. The number of hydrogen-bond acceptors (Lipinski definition) is 8. The van der Waals surface area contributed by atoms with Gasteiger partial charge in [0.1, 0.15) is 17.1 Å². The summed E-state index contributed by atoms with van der Waals surface area (Å²) in [4.78, 5) is 21.1. The third-order valence-corrected chi connectivity index (χ3v) is 6.37. The summed E-state index contributed by atoms with van der Waals surface area (Å²) in [5.41, 5.74) is 11.9. The molecule has 158 valence electrons. The van der Waals surface area contributed by atoms with Gasteiger partial charge >= 0.3 is 0 Å². The number of anilines is 2. The molecule has 0 bridgehead atoms. The van der Waals surface area contributed by atoms with Crippen molar-refractivity contribution in [3.8, 4) is 0 Å². The summed E-state index contributed by atoms with van der Waals surface area (Å²) in [6, 6.07) is 7.42. The Labute approximate surface area is 176 Å². The number of benzene rings is 1. The largest absolute Gasteiger partial charge is 0.397 e. The predicted molar refractivity (Wildman–Crippen MR) is 114 cm³/mol. The molecular weight excluding hydrogens is 409 g/mol. The zero-order chi connectivity index (χ0) is 21.3.